The quantitative estimate of drug-likeness (QED) is 0.525. The molecule has 0 aliphatic heterocycles. The first-order chi connectivity index (χ1) is 6.38. The fraction of sp³-hybridized carbons (Fsp3) is 0.545. The van der Waals surface area contributed by atoms with Crippen LogP contribution in [0.25, 0.3) is 0 Å². The average molecular weight is 241 g/mol. The van der Waals surface area contributed by atoms with Crippen molar-refractivity contribution in [2.24, 2.45) is 0 Å². The first-order valence-electron chi connectivity index (χ1n) is 4.98. The minimum atomic E-state index is 0.661. The molecular formula is C11H15BrN+. The molecule has 0 radical (unpaired) electrons. The Bertz CT molecular complexity index is 260. The summed E-state index contributed by atoms with van der Waals surface area (Å²) in [4.78, 5) is 0.661. The van der Waals surface area contributed by atoms with Gasteiger partial charge in [-0.1, -0.05) is 28.4 Å². The third kappa shape index (κ3) is 2.11. The molecule has 70 valence electrons. The van der Waals surface area contributed by atoms with Crippen molar-refractivity contribution in [3.63, 3.8) is 0 Å². The van der Waals surface area contributed by atoms with E-state index in [0.29, 0.717) is 10.9 Å². The minimum absolute atomic E-state index is 0.661. The number of hydrogen-bond donors (Lipinski definition) is 0. The molecule has 1 fully saturated rings. The van der Waals surface area contributed by atoms with Crippen LogP contribution in [0.15, 0.2) is 30.6 Å². The number of pyridine rings is 1. The van der Waals surface area contributed by atoms with Crippen molar-refractivity contribution in [2.75, 3.05) is 0 Å². The molecule has 13 heavy (non-hydrogen) atoms. The van der Waals surface area contributed by atoms with Gasteiger partial charge in [0.15, 0.2) is 18.4 Å². The first kappa shape index (κ1) is 9.20. The molecule has 0 saturated heterocycles. The van der Waals surface area contributed by atoms with Crippen molar-refractivity contribution >= 4 is 15.9 Å². The molecule has 0 N–H and O–H groups in total. The second-order valence-corrected chi connectivity index (χ2v) is 4.87. The lowest BCUT2D eigenvalue weighted by Gasteiger charge is -2.22. The Kier molecular flexibility index (Phi) is 2.99. The van der Waals surface area contributed by atoms with E-state index in [-0.39, 0.29) is 0 Å². The molecule has 1 aliphatic carbocycles. The number of halogens is 1. The van der Waals surface area contributed by atoms with E-state index in [1.807, 2.05) is 0 Å². The molecular weight excluding hydrogens is 226 g/mol. The lowest BCUT2D eigenvalue weighted by atomic mass is 9.95. The zero-order valence-corrected chi connectivity index (χ0v) is 9.28. The van der Waals surface area contributed by atoms with E-state index in [4.69, 9.17) is 0 Å². The van der Waals surface area contributed by atoms with Gasteiger partial charge < -0.3 is 0 Å². The third-order valence-corrected chi connectivity index (χ3v) is 3.84. The van der Waals surface area contributed by atoms with Crippen LogP contribution < -0.4 is 4.57 Å². The van der Waals surface area contributed by atoms with Gasteiger partial charge in [-0.25, -0.2) is 4.57 Å². The number of aromatic nitrogens is 1. The molecule has 0 bridgehead atoms. The molecule has 1 aromatic rings. The van der Waals surface area contributed by atoms with Crippen molar-refractivity contribution in [3.05, 3.63) is 30.6 Å². The molecule has 2 atom stereocenters. The Morgan fingerprint density at radius 2 is 1.69 bits per heavy atom. The van der Waals surface area contributed by atoms with Crippen LogP contribution in [-0.4, -0.2) is 4.83 Å². The average Bonchev–Trinajstić information content (AvgIpc) is 2.20. The van der Waals surface area contributed by atoms with Crippen molar-refractivity contribution in [1.82, 2.24) is 0 Å². The second kappa shape index (κ2) is 4.23. The predicted molar refractivity (Wildman–Crippen MR) is 56.9 cm³/mol. The van der Waals surface area contributed by atoms with E-state index >= 15 is 0 Å². The van der Waals surface area contributed by atoms with Gasteiger partial charge in [0.05, 0.1) is 4.83 Å². The fourth-order valence-corrected chi connectivity index (χ4v) is 2.90. The van der Waals surface area contributed by atoms with Crippen LogP contribution in [0, 0.1) is 0 Å². The molecule has 1 nitrogen and oxygen atoms in total. The van der Waals surface area contributed by atoms with Gasteiger partial charge >= 0.3 is 0 Å². The van der Waals surface area contributed by atoms with Gasteiger partial charge in [-0.2, -0.15) is 0 Å². The lowest BCUT2D eigenvalue weighted by Crippen LogP contribution is -2.44. The summed E-state index contributed by atoms with van der Waals surface area (Å²) in [7, 11) is 0. The highest BCUT2D eigenvalue weighted by Gasteiger charge is 2.29. The minimum Gasteiger partial charge on any atom is -0.201 e. The van der Waals surface area contributed by atoms with E-state index in [0.717, 1.165) is 0 Å². The summed E-state index contributed by atoms with van der Waals surface area (Å²) in [5.74, 6) is 0. The molecule has 0 unspecified atom stereocenters. The zero-order chi connectivity index (χ0) is 9.10. The maximum atomic E-state index is 3.77. The molecule has 1 aliphatic rings. The van der Waals surface area contributed by atoms with Crippen LogP contribution in [0.1, 0.15) is 31.7 Å². The van der Waals surface area contributed by atoms with Crippen LogP contribution in [0.3, 0.4) is 0 Å². The van der Waals surface area contributed by atoms with Gasteiger partial charge in [0, 0.05) is 18.6 Å². The molecule has 1 saturated carbocycles. The zero-order valence-electron chi connectivity index (χ0n) is 7.70. The highest BCUT2D eigenvalue weighted by molar-refractivity contribution is 9.09. The Balaban J connectivity index is 2.15. The van der Waals surface area contributed by atoms with E-state index < -0.39 is 0 Å². The summed E-state index contributed by atoms with van der Waals surface area (Å²) in [6, 6.07) is 6.94. The van der Waals surface area contributed by atoms with Gasteiger partial charge in [-0.15, -0.1) is 0 Å². The summed E-state index contributed by atoms with van der Waals surface area (Å²) in [5, 5.41) is 0. The van der Waals surface area contributed by atoms with Crippen LogP contribution in [0.4, 0.5) is 0 Å². The molecule has 1 heterocycles. The van der Waals surface area contributed by atoms with Gasteiger partial charge in [-0.3, -0.25) is 0 Å². The standard InChI is InChI=1S/C11H15BrN/c12-10-6-2-3-7-11(10)13-8-4-1-5-9-13/h1,4-5,8-11H,2-3,6-7H2/q+1/t10-,11+/m1/s1. The highest BCUT2D eigenvalue weighted by atomic mass is 79.9. The maximum absolute atomic E-state index is 3.77. The summed E-state index contributed by atoms with van der Waals surface area (Å²) in [5.41, 5.74) is 0. The molecule has 1 aromatic heterocycles. The molecule has 0 spiro atoms. The van der Waals surface area contributed by atoms with E-state index in [2.05, 4.69) is 51.1 Å². The topological polar surface area (TPSA) is 3.88 Å². The normalized spacial score (nSPS) is 28.7. The highest BCUT2D eigenvalue weighted by Crippen LogP contribution is 2.29. The maximum Gasteiger partial charge on any atom is 0.170 e. The van der Waals surface area contributed by atoms with E-state index in [1.165, 1.54) is 25.7 Å². The van der Waals surface area contributed by atoms with Crippen LogP contribution >= 0.6 is 15.9 Å². The molecule has 0 aromatic carbocycles. The van der Waals surface area contributed by atoms with Crippen molar-refractivity contribution in [1.29, 1.82) is 0 Å². The predicted octanol–water partition coefficient (Wildman–Crippen LogP) is 2.85. The fourth-order valence-electron chi connectivity index (χ4n) is 2.03. The molecule has 0 amide bonds. The Hall–Kier alpha value is -0.370. The summed E-state index contributed by atoms with van der Waals surface area (Å²) in [6.07, 6.45) is 9.71. The summed E-state index contributed by atoms with van der Waals surface area (Å²) < 4.78 is 2.33. The number of alkyl halides is 1. The van der Waals surface area contributed by atoms with Crippen LogP contribution in [-0.2, 0) is 0 Å². The van der Waals surface area contributed by atoms with Crippen LogP contribution in [0.5, 0.6) is 0 Å². The lowest BCUT2D eigenvalue weighted by molar-refractivity contribution is -0.724. The van der Waals surface area contributed by atoms with Gasteiger partial charge in [-0.05, 0) is 12.8 Å². The van der Waals surface area contributed by atoms with Gasteiger partial charge in [0.1, 0.15) is 0 Å². The number of rotatable bonds is 1. The van der Waals surface area contributed by atoms with Gasteiger partial charge in [0.2, 0.25) is 0 Å². The largest absolute Gasteiger partial charge is 0.201 e. The SMILES string of the molecule is Br[C@@H]1CCCC[C@@H]1[n+]1ccccc1. The number of hydrogen-bond acceptors (Lipinski definition) is 0. The smallest absolute Gasteiger partial charge is 0.170 e. The van der Waals surface area contributed by atoms with Gasteiger partial charge in [0.25, 0.3) is 0 Å². The summed E-state index contributed by atoms with van der Waals surface area (Å²) >= 11 is 3.77. The molecule has 2 heteroatoms. The second-order valence-electron chi connectivity index (χ2n) is 3.69. The Morgan fingerprint density at radius 1 is 1.00 bits per heavy atom. The number of nitrogens with zero attached hydrogens (tertiary/aromatic N) is 1. The monoisotopic (exact) mass is 240 g/mol. The third-order valence-electron chi connectivity index (χ3n) is 2.77. The Labute approximate surface area is 87.9 Å². The van der Waals surface area contributed by atoms with E-state index in [1.54, 1.807) is 0 Å². The van der Waals surface area contributed by atoms with Crippen molar-refractivity contribution in [2.45, 2.75) is 36.6 Å². The van der Waals surface area contributed by atoms with Crippen LogP contribution in [0.2, 0.25) is 0 Å². The Morgan fingerprint density at radius 3 is 2.38 bits per heavy atom. The van der Waals surface area contributed by atoms with Crippen molar-refractivity contribution < 1.29 is 4.57 Å². The van der Waals surface area contributed by atoms with Crippen molar-refractivity contribution in [3.8, 4) is 0 Å². The first-order valence-corrected chi connectivity index (χ1v) is 5.89. The summed E-state index contributed by atoms with van der Waals surface area (Å²) in [6.45, 7) is 0. The van der Waals surface area contributed by atoms with E-state index in [9.17, 15) is 0 Å². The molecule has 2 rings (SSSR count).